The largest absolute Gasteiger partial charge is 0.487 e. The Labute approximate surface area is 95.4 Å². The number of ether oxygens (including phenoxy) is 2. The fraction of sp³-hybridized carbons (Fsp3) is 0.538. The first-order valence-corrected chi connectivity index (χ1v) is 5.82. The molecule has 88 valence electrons. The van der Waals surface area contributed by atoms with E-state index in [1.165, 1.54) is 0 Å². The van der Waals surface area contributed by atoms with Gasteiger partial charge in [-0.25, -0.2) is 4.39 Å². The first-order chi connectivity index (χ1) is 7.79. The van der Waals surface area contributed by atoms with Crippen molar-refractivity contribution in [2.75, 3.05) is 13.2 Å². The minimum atomic E-state index is -0.258. The molecule has 0 aliphatic carbocycles. The second kappa shape index (κ2) is 5.30. The summed E-state index contributed by atoms with van der Waals surface area (Å²) in [5.74, 6) is 0.106. The number of halogens is 1. The van der Waals surface area contributed by atoms with Crippen LogP contribution < -0.4 is 4.74 Å². The van der Waals surface area contributed by atoms with Gasteiger partial charge in [-0.2, -0.15) is 0 Å². The summed E-state index contributed by atoms with van der Waals surface area (Å²) < 4.78 is 24.5. The number of benzene rings is 1. The maximum Gasteiger partial charge on any atom is 0.165 e. The Balaban J connectivity index is 2.03. The Kier molecular flexibility index (Phi) is 3.78. The molecule has 3 heteroatoms. The molecule has 0 radical (unpaired) electrons. The normalized spacial score (nSPS) is 17.4. The van der Waals surface area contributed by atoms with E-state index in [-0.39, 0.29) is 11.9 Å². The van der Waals surface area contributed by atoms with Gasteiger partial charge in [0, 0.05) is 12.8 Å². The van der Waals surface area contributed by atoms with Crippen LogP contribution in [-0.2, 0) is 11.2 Å². The fourth-order valence-corrected chi connectivity index (χ4v) is 1.83. The van der Waals surface area contributed by atoms with Crippen molar-refractivity contribution in [2.45, 2.75) is 32.3 Å². The molecule has 0 amide bonds. The molecule has 1 aliphatic rings. The topological polar surface area (TPSA) is 18.5 Å². The van der Waals surface area contributed by atoms with E-state index in [0.29, 0.717) is 19.0 Å². The van der Waals surface area contributed by atoms with Crippen LogP contribution in [0.15, 0.2) is 18.2 Å². The molecule has 1 aromatic rings. The number of hydrogen-bond donors (Lipinski definition) is 0. The third kappa shape index (κ3) is 2.73. The van der Waals surface area contributed by atoms with Gasteiger partial charge in [-0.1, -0.05) is 13.0 Å². The molecule has 2 rings (SSSR count). The molecule has 0 bridgehead atoms. The highest BCUT2D eigenvalue weighted by Gasteiger charge is 2.16. The summed E-state index contributed by atoms with van der Waals surface area (Å²) in [6, 6.07) is 5.19. The molecule has 0 aromatic heterocycles. The third-order valence-electron chi connectivity index (χ3n) is 2.87. The first-order valence-electron chi connectivity index (χ1n) is 5.82. The van der Waals surface area contributed by atoms with E-state index in [0.717, 1.165) is 24.8 Å². The predicted octanol–water partition coefficient (Wildman–Crippen LogP) is 2.95. The summed E-state index contributed by atoms with van der Waals surface area (Å²) in [6.07, 6.45) is 2.62. The lowest BCUT2D eigenvalue weighted by molar-refractivity contribution is 0.0240. The molecule has 1 saturated heterocycles. The van der Waals surface area contributed by atoms with Crippen LogP contribution in [0, 0.1) is 5.82 Å². The van der Waals surface area contributed by atoms with Crippen molar-refractivity contribution in [1.82, 2.24) is 0 Å². The monoisotopic (exact) mass is 224 g/mol. The molecule has 1 aromatic carbocycles. The minimum absolute atomic E-state index is 0.0933. The average molecular weight is 224 g/mol. The van der Waals surface area contributed by atoms with E-state index in [1.807, 2.05) is 13.0 Å². The van der Waals surface area contributed by atoms with Gasteiger partial charge in [-0.05, 0) is 24.1 Å². The zero-order chi connectivity index (χ0) is 11.4. The zero-order valence-corrected chi connectivity index (χ0v) is 9.54. The van der Waals surface area contributed by atoms with Crippen molar-refractivity contribution in [1.29, 1.82) is 0 Å². The number of rotatable bonds is 3. The second-order valence-corrected chi connectivity index (χ2v) is 4.05. The quantitative estimate of drug-likeness (QED) is 0.786. The fourth-order valence-electron chi connectivity index (χ4n) is 1.83. The minimum Gasteiger partial charge on any atom is -0.487 e. The second-order valence-electron chi connectivity index (χ2n) is 4.05. The molecule has 16 heavy (non-hydrogen) atoms. The average Bonchev–Trinajstić information content (AvgIpc) is 2.33. The maximum absolute atomic E-state index is 13.6. The Morgan fingerprint density at radius 2 is 2.12 bits per heavy atom. The van der Waals surface area contributed by atoms with Crippen LogP contribution in [0.5, 0.6) is 5.75 Å². The van der Waals surface area contributed by atoms with Gasteiger partial charge in [0.1, 0.15) is 6.10 Å². The van der Waals surface area contributed by atoms with E-state index in [9.17, 15) is 4.39 Å². The van der Waals surface area contributed by atoms with Crippen LogP contribution >= 0.6 is 0 Å². The van der Waals surface area contributed by atoms with Crippen LogP contribution in [0.1, 0.15) is 25.3 Å². The molecule has 0 spiro atoms. The third-order valence-corrected chi connectivity index (χ3v) is 2.87. The summed E-state index contributed by atoms with van der Waals surface area (Å²) in [7, 11) is 0. The lowest BCUT2D eigenvalue weighted by Crippen LogP contribution is -2.26. The van der Waals surface area contributed by atoms with E-state index in [4.69, 9.17) is 9.47 Å². The molecular formula is C13H17FO2. The lowest BCUT2D eigenvalue weighted by Gasteiger charge is -2.23. The van der Waals surface area contributed by atoms with Crippen molar-refractivity contribution in [3.05, 3.63) is 29.6 Å². The smallest absolute Gasteiger partial charge is 0.165 e. The predicted molar refractivity (Wildman–Crippen MR) is 60.2 cm³/mol. The maximum atomic E-state index is 13.6. The number of hydrogen-bond acceptors (Lipinski definition) is 2. The van der Waals surface area contributed by atoms with E-state index in [2.05, 4.69) is 0 Å². The molecular weight excluding hydrogens is 207 g/mol. The van der Waals surface area contributed by atoms with Crippen molar-refractivity contribution in [2.24, 2.45) is 0 Å². The molecule has 0 atom stereocenters. The summed E-state index contributed by atoms with van der Waals surface area (Å²) >= 11 is 0. The van der Waals surface area contributed by atoms with Gasteiger partial charge in [0.2, 0.25) is 0 Å². The van der Waals surface area contributed by atoms with Gasteiger partial charge in [0.25, 0.3) is 0 Å². The molecule has 0 N–H and O–H groups in total. The van der Waals surface area contributed by atoms with Gasteiger partial charge < -0.3 is 9.47 Å². The van der Waals surface area contributed by atoms with Crippen LogP contribution in [0.4, 0.5) is 4.39 Å². The lowest BCUT2D eigenvalue weighted by atomic mass is 10.1. The Bertz CT molecular complexity index is 346. The Hall–Kier alpha value is -1.09. The van der Waals surface area contributed by atoms with Gasteiger partial charge >= 0.3 is 0 Å². The van der Waals surface area contributed by atoms with Gasteiger partial charge in [-0.3, -0.25) is 0 Å². The van der Waals surface area contributed by atoms with Crippen LogP contribution in [0.3, 0.4) is 0 Å². The first kappa shape index (κ1) is 11.4. The highest BCUT2D eigenvalue weighted by Crippen LogP contribution is 2.22. The Morgan fingerprint density at radius 3 is 2.75 bits per heavy atom. The van der Waals surface area contributed by atoms with Crippen LogP contribution in [0.2, 0.25) is 0 Å². The summed E-state index contributed by atoms with van der Waals surface area (Å²) in [5.41, 5.74) is 0.997. The van der Waals surface area contributed by atoms with E-state index in [1.54, 1.807) is 12.1 Å². The van der Waals surface area contributed by atoms with E-state index >= 15 is 0 Å². The molecule has 0 unspecified atom stereocenters. The standard InChI is InChI=1S/C13H17FO2/c1-2-10-3-4-13(12(14)9-10)16-11-5-7-15-8-6-11/h3-4,9,11H,2,5-8H2,1H3. The zero-order valence-electron chi connectivity index (χ0n) is 9.54. The van der Waals surface area contributed by atoms with Crippen molar-refractivity contribution >= 4 is 0 Å². The van der Waals surface area contributed by atoms with Crippen molar-refractivity contribution < 1.29 is 13.9 Å². The van der Waals surface area contributed by atoms with Gasteiger partial charge in [0.05, 0.1) is 13.2 Å². The molecule has 2 nitrogen and oxygen atoms in total. The number of aryl methyl sites for hydroxylation is 1. The van der Waals surface area contributed by atoms with Crippen molar-refractivity contribution in [3.63, 3.8) is 0 Å². The summed E-state index contributed by atoms with van der Waals surface area (Å²) in [6.45, 7) is 3.42. The highest BCUT2D eigenvalue weighted by atomic mass is 19.1. The van der Waals surface area contributed by atoms with Crippen LogP contribution in [-0.4, -0.2) is 19.3 Å². The summed E-state index contributed by atoms with van der Waals surface area (Å²) in [5, 5.41) is 0. The van der Waals surface area contributed by atoms with Gasteiger partial charge in [0.15, 0.2) is 11.6 Å². The molecule has 1 fully saturated rings. The highest BCUT2D eigenvalue weighted by molar-refractivity contribution is 5.29. The molecule has 0 saturated carbocycles. The van der Waals surface area contributed by atoms with Crippen molar-refractivity contribution in [3.8, 4) is 5.75 Å². The molecule has 1 aliphatic heterocycles. The Morgan fingerprint density at radius 1 is 1.38 bits per heavy atom. The SMILES string of the molecule is CCc1ccc(OC2CCOCC2)c(F)c1. The van der Waals surface area contributed by atoms with Gasteiger partial charge in [-0.15, -0.1) is 0 Å². The molecule has 1 heterocycles. The van der Waals surface area contributed by atoms with Crippen LogP contribution in [0.25, 0.3) is 0 Å². The summed E-state index contributed by atoms with van der Waals surface area (Å²) in [4.78, 5) is 0. The van der Waals surface area contributed by atoms with E-state index < -0.39 is 0 Å².